The lowest BCUT2D eigenvalue weighted by atomic mass is 10.1. The van der Waals surface area contributed by atoms with Gasteiger partial charge in [0.1, 0.15) is 0 Å². The molecule has 23 heavy (non-hydrogen) atoms. The smallest absolute Gasteiger partial charge is 0.257 e. The minimum absolute atomic E-state index is 0.0209. The number of carboxylic acid groups (broad SMARTS) is 1. The van der Waals surface area contributed by atoms with Gasteiger partial charge in [-0.15, -0.1) is 0 Å². The summed E-state index contributed by atoms with van der Waals surface area (Å²) in [6.07, 6.45) is 0. The standard InChI is InChI=1S/C16H14ClNO5/c1-22-13-7-10(16(20)21)12(8-14(13)23-2)18-15(19)9-5-3-4-6-11(9)17/h3-8H,1-2H3,(H,18,19)(H,20,21)/p-1. The van der Waals surface area contributed by atoms with Crippen molar-refractivity contribution in [2.75, 3.05) is 19.5 Å². The van der Waals surface area contributed by atoms with Gasteiger partial charge in [0.2, 0.25) is 0 Å². The molecule has 0 atom stereocenters. The zero-order valence-electron chi connectivity index (χ0n) is 12.4. The van der Waals surface area contributed by atoms with E-state index in [9.17, 15) is 14.7 Å². The van der Waals surface area contributed by atoms with Crippen molar-refractivity contribution in [1.82, 2.24) is 0 Å². The summed E-state index contributed by atoms with van der Waals surface area (Å²) in [4.78, 5) is 23.6. The Bertz CT molecular complexity index is 760. The van der Waals surface area contributed by atoms with Gasteiger partial charge in [0.05, 0.1) is 36.5 Å². The first kappa shape index (κ1) is 16.6. The van der Waals surface area contributed by atoms with Crippen molar-refractivity contribution in [3.05, 3.63) is 52.5 Å². The van der Waals surface area contributed by atoms with Crippen molar-refractivity contribution in [3.63, 3.8) is 0 Å². The van der Waals surface area contributed by atoms with Gasteiger partial charge in [-0.25, -0.2) is 0 Å². The number of methoxy groups -OCH3 is 2. The maximum atomic E-state index is 12.3. The van der Waals surface area contributed by atoms with E-state index in [4.69, 9.17) is 21.1 Å². The van der Waals surface area contributed by atoms with Crippen LogP contribution >= 0.6 is 11.6 Å². The van der Waals surface area contributed by atoms with Crippen molar-refractivity contribution >= 4 is 29.2 Å². The van der Waals surface area contributed by atoms with E-state index < -0.39 is 11.9 Å². The molecule has 0 bridgehead atoms. The number of carboxylic acids is 1. The molecule has 1 N–H and O–H groups in total. The largest absolute Gasteiger partial charge is 0.545 e. The second-order valence-corrected chi connectivity index (χ2v) is 4.88. The Labute approximate surface area is 137 Å². The summed E-state index contributed by atoms with van der Waals surface area (Å²) in [5, 5.41) is 14.0. The molecule has 2 aromatic carbocycles. The first-order valence-corrected chi connectivity index (χ1v) is 6.89. The second-order valence-electron chi connectivity index (χ2n) is 4.47. The molecule has 0 spiro atoms. The number of carbonyl (C=O) groups excluding carboxylic acids is 2. The SMILES string of the molecule is COc1cc(NC(=O)c2ccccc2Cl)c(C(=O)[O-])cc1OC. The number of hydrogen-bond donors (Lipinski definition) is 1. The number of aromatic carboxylic acids is 1. The van der Waals surface area contributed by atoms with Crippen molar-refractivity contribution in [2.24, 2.45) is 0 Å². The van der Waals surface area contributed by atoms with Gasteiger partial charge in [0.25, 0.3) is 5.91 Å². The highest BCUT2D eigenvalue weighted by Crippen LogP contribution is 2.33. The Hall–Kier alpha value is -2.73. The summed E-state index contributed by atoms with van der Waals surface area (Å²) in [6.45, 7) is 0. The predicted molar refractivity (Wildman–Crippen MR) is 83.3 cm³/mol. The molecule has 0 fully saturated rings. The van der Waals surface area contributed by atoms with Gasteiger partial charge in [-0.05, 0) is 18.2 Å². The third kappa shape index (κ3) is 3.54. The molecule has 120 valence electrons. The maximum Gasteiger partial charge on any atom is 0.257 e. The van der Waals surface area contributed by atoms with Crippen LogP contribution in [-0.2, 0) is 0 Å². The zero-order valence-corrected chi connectivity index (χ0v) is 13.1. The molecule has 0 aliphatic heterocycles. The molecule has 0 radical (unpaired) electrons. The van der Waals surface area contributed by atoms with E-state index in [1.807, 2.05) is 0 Å². The van der Waals surface area contributed by atoms with Gasteiger partial charge in [-0.2, -0.15) is 0 Å². The Morgan fingerprint density at radius 2 is 1.65 bits per heavy atom. The van der Waals surface area contributed by atoms with E-state index in [1.54, 1.807) is 18.2 Å². The normalized spacial score (nSPS) is 10.0. The van der Waals surface area contributed by atoms with E-state index in [-0.39, 0.29) is 33.3 Å². The number of hydrogen-bond acceptors (Lipinski definition) is 5. The summed E-state index contributed by atoms with van der Waals surface area (Å²) < 4.78 is 10.1. The minimum atomic E-state index is -1.46. The van der Waals surface area contributed by atoms with Crippen molar-refractivity contribution in [3.8, 4) is 11.5 Å². The highest BCUT2D eigenvalue weighted by atomic mass is 35.5. The first-order chi connectivity index (χ1) is 11.0. The van der Waals surface area contributed by atoms with Crippen LogP contribution in [-0.4, -0.2) is 26.1 Å². The van der Waals surface area contributed by atoms with Gasteiger partial charge >= 0.3 is 0 Å². The summed E-state index contributed by atoms with van der Waals surface area (Å²) in [5.41, 5.74) is 0.00359. The van der Waals surface area contributed by atoms with Crippen LogP contribution in [0.4, 0.5) is 5.69 Å². The number of halogens is 1. The molecule has 0 aliphatic carbocycles. The minimum Gasteiger partial charge on any atom is -0.545 e. The van der Waals surface area contributed by atoms with Gasteiger partial charge in [0, 0.05) is 11.6 Å². The molecular weight excluding hydrogens is 322 g/mol. The number of anilines is 1. The third-order valence-corrected chi connectivity index (χ3v) is 3.44. The molecule has 0 saturated heterocycles. The summed E-state index contributed by atoms with van der Waals surface area (Å²) >= 11 is 5.96. The lowest BCUT2D eigenvalue weighted by molar-refractivity contribution is -0.254. The van der Waals surface area contributed by atoms with Crippen molar-refractivity contribution < 1.29 is 24.2 Å². The summed E-state index contributed by atoms with van der Waals surface area (Å²) in [5.74, 6) is -1.53. The van der Waals surface area contributed by atoms with Crippen LogP contribution in [0.1, 0.15) is 20.7 Å². The molecule has 0 saturated carbocycles. The van der Waals surface area contributed by atoms with Gasteiger partial charge in [0.15, 0.2) is 11.5 Å². The van der Waals surface area contributed by atoms with Crippen LogP contribution in [0.5, 0.6) is 11.5 Å². The number of rotatable bonds is 5. The number of ether oxygens (including phenoxy) is 2. The van der Waals surface area contributed by atoms with Crippen molar-refractivity contribution in [1.29, 1.82) is 0 Å². The van der Waals surface area contributed by atoms with E-state index >= 15 is 0 Å². The summed E-state index contributed by atoms with van der Waals surface area (Å²) in [6, 6.07) is 8.98. The molecule has 1 amide bonds. The van der Waals surface area contributed by atoms with E-state index in [0.717, 1.165) is 0 Å². The molecule has 0 aliphatic rings. The molecule has 0 aromatic heterocycles. The number of amides is 1. The Morgan fingerprint density at radius 1 is 1.04 bits per heavy atom. The van der Waals surface area contributed by atoms with Crippen LogP contribution in [0.3, 0.4) is 0 Å². The van der Waals surface area contributed by atoms with Crippen LogP contribution in [0.25, 0.3) is 0 Å². The zero-order chi connectivity index (χ0) is 17.0. The number of carbonyl (C=O) groups is 2. The van der Waals surface area contributed by atoms with Gasteiger partial charge < -0.3 is 24.7 Å². The van der Waals surface area contributed by atoms with E-state index in [2.05, 4.69) is 5.32 Å². The van der Waals surface area contributed by atoms with Crippen LogP contribution in [0, 0.1) is 0 Å². The van der Waals surface area contributed by atoms with E-state index in [1.165, 1.54) is 32.4 Å². The number of benzene rings is 2. The van der Waals surface area contributed by atoms with E-state index in [0.29, 0.717) is 0 Å². The van der Waals surface area contributed by atoms with Crippen molar-refractivity contribution in [2.45, 2.75) is 0 Å². The molecular formula is C16H13ClNO5-. The molecule has 7 heteroatoms. The van der Waals surface area contributed by atoms with Gasteiger partial charge in [-0.1, -0.05) is 23.7 Å². The Kier molecular flexibility index (Phi) is 5.08. The first-order valence-electron chi connectivity index (χ1n) is 6.51. The monoisotopic (exact) mass is 334 g/mol. The lowest BCUT2D eigenvalue weighted by Gasteiger charge is -2.16. The molecule has 2 aromatic rings. The highest BCUT2D eigenvalue weighted by molar-refractivity contribution is 6.34. The van der Waals surface area contributed by atoms with Crippen LogP contribution in [0.2, 0.25) is 5.02 Å². The third-order valence-electron chi connectivity index (χ3n) is 3.11. The summed E-state index contributed by atoms with van der Waals surface area (Å²) in [7, 11) is 2.77. The lowest BCUT2D eigenvalue weighted by Crippen LogP contribution is -2.25. The molecule has 0 unspecified atom stereocenters. The number of nitrogens with one attached hydrogen (secondary N) is 1. The fourth-order valence-corrected chi connectivity index (χ4v) is 2.21. The fourth-order valence-electron chi connectivity index (χ4n) is 1.99. The Morgan fingerprint density at radius 3 is 2.22 bits per heavy atom. The topological polar surface area (TPSA) is 87.7 Å². The van der Waals surface area contributed by atoms with Gasteiger partial charge in [-0.3, -0.25) is 4.79 Å². The average molecular weight is 335 g/mol. The molecule has 6 nitrogen and oxygen atoms in total. The quantitative estimate of drug-likeness (QED) is 0.903. The fraction of sp³-hybridized carbons (Fsp3) is 0.125. The molecule has 2 rings (SSSR count). The average Bonchev–Trinajstić information content (AvgIpc) is 2.54. The maximum absolute atomic E-state index is 12.3. The highest BCUT2D eigenvalue weighted by Gasteiger charge is 2.16. The molecule has 0 heterocycles. The van der Waals surface area contributed by atoms with Crippen LogP contribution in [0.15, 0.2) is 36.4 Å². The Balaban J connectivity index is 2.44. The second kappa shape index (κ2) is 7.02. The van der Waals surface area contributed by atoms with Crippen LogP contribution < -0.4 is 19.9 Å². The predicted octanol–water partition coefficient (Wildman–Crippen LogP) is 1.97.